The van der Waals surface area contributed by atoms with E-state index in [2.05, 4.69) is 6.92 Å². The summed E-state index contributed by atoms with van der Waals surface area (Å²) < 4.78 is 4.99. The van der Waals surface area contributed by atoms with Gasteiger partial charge in [-0.15, -0.1) is 0 Å². The Bertz CT molecular complexity index is 171. The number of carboxylic acid groups (broad SMARTS) is 1. The third-order valence-electron chi connectivity index (χ3n) is 2.99. The van der Waals surface area contributed by atoms with Gasteiger partial charge in [0.05, 0.1) is 0 Å². The molecule has 0 aromatic heterocycles. The Kier molecular flexibility index (Phi) is 3.72. The van der Waals surface area contributed by atoms with Crippen LogP contribution in [0.5, 0.6) is 0 Å². The molecule has 1 saturated carbocycles. The van der Waals surface area contributed by atoms with Crippen molar-refractivity contribution >= 4 is 5.97 Å². The van der Waals surface area contributed by atoms with E-state index in [1.165, 1.54) is 7.11 Å². The van der Waals surface area contributed by atoms with Crippen LogP contribution in [0.25, 0.3) is 0 Å². The van der Waals surface area contributed by atoms with E-state index >= 15 is 0 Å². The quantitative estimate of drug-likeness (QED) is 0.732. The lowest BCUT2D eigenvalue weighted by Crippen LogP contribution is -2.33. The van der Waals surface area contributed by atoms with E-state index in [9.17, 15) is 4.79 Å². The molecule has 0 aromatic rings. The molecule has 76 valence electrons. The van der Waals surface area contributed by atoms with Crippen LogP contribution in [0.4, 0.5) is 0 Å². The van der Waals surface area contributed by atoms with E-state index in [-0.39, 0.29) is 5.92 Å². The first-order valence-electron chi connectivity index (χ1n) is 4.90. The molecule has 0 spiro atoms. The van der Waals surface area contributed by atoms with Crippen molar-refractivity contribution in [2.45, 2.75) is 38.7 Å². The number of hydrogen-bond donors (Lipinski definition) is 1. The monoisotopic (exact) mass is 186 g/mol. The first kappa shape index (κ1) is 10.5. The third kappa shape index (κ3) is 2.69. The van der Waals surface area contributed by atoms with Crippen LogP contribution in [-0.2, 0) is 9.53 Å². The molecule has 1 aliphatic rings. The molecule has 3 heteroatoms. The average molecular weight is 186 g/mol. The van der Waals surface area contributed by atoms with E-state index < -0.39 is 12.1 Å². The van der Waals surface area contributed by atoms with Crippen LogP contribution >= 0.6 is 0 Å². The molecule has 1 atom stereocenters. The zero-order valence-corrected chi connectivity index (χ0v) is 8.32. The summed E-state index contributed by atoms with van der Waals surface area (Å²) >= 11 is 0. The van der Waals surface area contributed by atoms with Gasteiger partial charge in [-0.2, -0.15) is 0 Å². The maximum Gasteiger partial charge on any atom is 0.333 e. The minimum absolute atomic E-state index is 0.221. The second kappa shape index (κ2) is 4.61. The Hall–Kier alpha value is -0.570. The van der Waals surface area contributed by atoms with Gasteiger partial charge in [-0.25, -0.2) is 4.79 Å². The molecule has 3 nitrogen and oxygen atoms in total. The fourth-order valence-corrected chi connectivity index (χ4v) is 2.08. The highest BCUT2D eigenvalue weighted by molar-refractivity contribution is 5.72. The zero-order valence-electron chi connectivity index (χ0n) is 8.32. The molecule has 0 heterocycles. The van der Waals surface area contributed by atoms with Gasteiger partial charge in [-0.05, 0) is 24.7 Å². The number of carbonyl (C=O) groups is 1. The Morgan fingerprint density at radius 1 is 1.38 bits per heavy atom. The highest BCUT2D eigenvalue weighted by atomic mass is 16.5. The first-order chi connectivity index (χ1) is 6.15. The minimum atomic E-state index is -0.818. The second-order valence-corrected chi connectivity index (χ2v) is 4.01. The van der Waals surface area contributed by atoms with Crippen molar-refractivity contribution in [1.82, 2.24) is 0 Å². The molecule has 1 rings (SSSR count). The number of carboxylic acids is 1. The van der Waals surface area contributed by atoms with Crippen molar-refractivity contribution in [3.63, 3.8) is 0 Å². The van der Waals surface area contributed by atoms with Gasteiger partial charge in [0.2, 0.25) is 0 Å². The van der Waals surface area contributed by atoms with Crippen LogP contribution in [0.1, 0.15) is 32.6 Å². The van der Waals surface area contributed by atoms with Gasteiger partial charge >= 0.3 is 5.97 Å². The SMILES string of the molecule is COC(C(=O)O)C1CCC(C)CC1. The summed E-state index contributed by atoms with van der Waals surface area (Å²) in [6.45, 7) is 2.22. The van der Waals surface area contributed by atoms with Gasteiger partial charge in [0, 0.05) is 7.11 Å². The molecule has 13 heavy (non-hydrogen) atoms. The average Bonchev–Trinajstić information content (AvgIpc) is 2.09. The summed E-state index contributed by atoms with van der Waals surface area (Å²) in [5.74, 6) is 0.156. The predicted molar refractivity (Wildman–Crippen MR) is 49.6 cm³/mol. The van der Waals surface area contributed by atoms with Gasteiger partial charge in [0.1, 0.15) is 0 Å². The van der Waals surface area contributed by atoms with E-state index in [1.807, 2.05) is 0 Å². The smallest absolute Gasteiger partial charge is 0.333 e. The fourth-order valence-electron chi connectivity index (χ4n) is 2.08. The number of rotatable bonds is 3. The molecule has 0 aliphatic heterocycles. The predicted octanol–water partition coefficient (Wildman–Crippen LogP) is 1.91. The third-order valence-corrected chi connectivity index (χ3v) is 2.99. The van der Waals surface area contributed by atoms with Gasteiger partial charge < -0.3 is 9.84 Å². The minimum Gasteiger partial charge on any atom is -0.479 e. The zero-order chi connectivity index (χ0) is 9.84. The van der Waals surface area contributed by atoms with E-state index in [1.54, 1.807) is 0 Å². The van der Waals surface area contributed by atoms with Gasteiger partial charge in [-0.3, -0.25) is 0 Å². The van der Waals surface area contributed by atoms with Crippen molar-refractivity contribution in [3.8, 4) is 0 Å². The van der Waals surface area contributed by atoms with Crippen molar-refractivity contribution in [2.75, 3.05) is 7.11 Å². The molecular formula is C10H18O3. The lowest BCUT2D eigenvalue weighted by Gasteiger charge is -2.29. The number of aliphatic carboxylic acids is 1. The Balaban J connectivity index is 2.46. The summed E-state index contributed by atoms with van der Waals surface area (Å²) in [6.07, 6.45) is 3.67. The van der Waals surface area contributed by atoms with Crippen molar-refractivity contribution in [1.29, 1.82) is 0 Å². The van der Waals surface area contributed by atoms with Gasteiger partial charge in [-0.1, -0.05) is 19.8 Å². The topological polar surface area (TPSA) is 46.5 Å². The maximum absolute atomic E-state index is 10.8. The first-order valence-corrected chi connectivity index (χ1v) is 4.90. The number of methoxy groups -OCH3 is 1. The van der Waals surface area contributed by atoms with Crippen LogP contribution in [0, 0.1) is 11.8 Å². The van der Waals surface area contributed by atoms with Crippen LogP contribution in [-0.4, -0.2) is 24.3 Å². The summed E-state index contributed by atoms with van der Waals surface area (Å²) in [6, 6.07) is 0. The molecule has 0 saturated heterocycles. The standard InChI is InChI=1S/C10H18O3/c1-7-3-5-8(6-4-7)9(13-2)10(11)12/h7-9H,3-6H2,1-2H3,(H,11,12). The van der Waals surface area contributed by atoms with Crippen LogP contribution in [0.3, 0.4) is 0 Å². The lowest BCUT2D eigenvalue weighted by atomic mass is 9.80. The van der Waals surface area contributed by atoms with Gasteiger partial charge in [0.25, 0.3) is 0 Å². The second-order valence-electron chi connectivity index (χ2n) is 4.01. The summed E-state index contributed by atoms with van der Waals surface area (Å²) in [4.78, 5) is 10.8. The molecule has 0 aromatic carbocycles. The Labute approximate surface area is 79.1 Å². The molecule has 0 amide bonds. The lowest BCUT2D eigenvalue weighted by molar-refractivity contribution is -0.153. The largest absolute Gasteiger partial charge is 0.479 e. The van der Waals surface area contributed by atoms with E-state index in [0.717, 1.165) is 31.6 Å². The fraction of sp³-hybridized carbons (Fsp3) is 0.900. The van der Waals surface area contributed by atoms with E-state index in [4.69, 9.17) is 9.84 Å². The number of hydrogen-bond acceptors (Lipinski definition) is 2. The Morgan fingerprint density at radius 3 is 2.31 bits per heavy atom. The summed E-state index contributed by atoms with van der Waals surface area (Å²) in [5, 5.41) is 8.87. The van der Waals surface area contributed by atoms with Crippen LogP contribution in [0.2, 0.25) is 0 Å². The van der Waals surface area contributed by atoms with Crippen LogP contribution in [0.15, 0.2) is 0 Å². The summed E-state index contributed by atoms with van der Waals surface area (Å²) in [5.41, 5.74) is 0. The van der Waals surface area contributed by atoms with Crippen molar-refractivity contribution < 1.29 is 14.6 Å². The highest BCUT2D eigenvalue weighted by Gasteiger charge is 2.30. The van der Waals surface area contributed by atoms with Crippen molar-refractivity contribution in [3.05, 3.63) is 0 Å². The maximum atomic E-state index is 10.8. The molecule has 1 aliphatic carbocycles. The molecule has 0 bridgehead atoms. The van der Waals surface area contributed by atoms with Crippen LogP contribution < -0.4 is 0 Å². The molecule has 1 fully saturated rings. The van der Waals surface area contributed by atoms with Crippen molar-refractivity contribution in [2.24, 2.45) is 11.8 Å². The Morgan fingerprint density at radius 2 is 1.92 bits per heavy atom. The highest BCUT2D eigenvalue weighted by Crippen LogP contribution is 2.31. The summed E-state index contributed by atoms with van der Waals surface area (Å²) in [7, 11) is 1.48. The molecule has 0 radical (unpaired) electrons. The number of ether oxygens (including phenoxy) is 1. The van der Waals surface area contributed by atoms with E-state index in [0.29, 0.717) is 0 Å². The molecular weight excluding hydrogens is 168 g/mol. The normalized spacial score (nSPS) is 31.2. The molecule has 1 N–H and O–H groups in total. The van der Waals surface area contributed by atoms with Gasteiger partial charge in [0.15, 0.2) is 6.10 Å². The molecule has 1 unspecified atom stereocenters.